The van der Waals surface area contributed by atoms with E-state index in [0.717, 1.165) is 4.90 Å². The summed E-state index contributed by atoms with van der Waals surface area (Å²) in [4.78, 5) is 12.9. The van der Waals surface area contributed by atoms with Crippen LogP contribution in [-0.4, -0.2) is 35.5 Å². The topological polar surface area (TPSA) is 55.6 Å². The largest absolute Gasteiger partial charge is 0.444 e. The molecule has 2 unspecified atom stereocenters. The molecule has 1 fully saturated rings. The van der Waals surface area contributed by atoms with Gasteiger partial charge in [-0.3, -0.25) is 4.90 Å². The molecule has 2 atom stereocenters. The van der Waals surface area contributed by atoms with Crippen LogP contribution in [0.2, 0.25) is 0 Å². The van der Waals surface area contributed by atoms with E-state index in [1.165, 1.54) is 0 Å². The van der Waals surface area contributed by atoms with E-state index >= 15 is 0 Å². The fourth-order valence-corrected chi connectivity index (χ4v) is 1.84. The molecule has 0 saturated carbocycles. The maximum atomic E-state index is 12.5. The van der Waals surface area contributed by atoms with Gasteiger partial charge in [-0.05, 0) is 33.6 Å². The SMILES string of the molecule is CC(C)(C)OC(=O)N1CCC(C(F)(F)F)CC1N. The van der Waals surface area contributed by atoms with Crippen molar-refractivity contribution < 1.29 is 22.7 Å². The van der Waals surface area contributed by atoms with Gasteiger partial charge < -0.3 is 10.5 Å². The summed E-state index contributed by atoms with van der Waals surface area (Å²) in [6, 6.07) is 0. The van der Waals surface area contributed by atoms with Gasteiger partial charge in [0.15, 0.2) is 0 Å². The molecule has 1 aliphatic heterocycles. The molecule has 1 rings (SSSR count). The third kappa shape index (κ3) is 4.04. The fourth-order valence-electron chi connectivity index (χ4n) is 1.84. The number of amides is 1. The van der Waals surface area contributed by atoms with Gasteiger partial charge in [0, 0.05) is 6.54 Å². The highest BCUT2D eigenvalue weighted by Gasteiger charge is 2.44. The highest BCUT2D eigenvalue weighted by atomic mass is 19.4. The predicted octanol–water partition coefficient (Wildman–Crippen LogP) is 2.48. The van der Waals surface area contributed by atoms with Crippen molar-refractivity contribution in [3.8, 4) is 0 Å². The van der Waals surface area contributed by atoms with Gasteiger partial charge in [0.2, 0.25) is 0 Å². The van der Waals surface area contributed by atoms with Crippen molar-refractivity contribution in [1.82, 2.24) is 4.90 Å². The monoisotopic (exact) mass is 268 g/mol. The number of hydrogen-bond acceptors (Lipinski definition) is 3. The third-order valence-corrected chi connectivity index (χ3v) is 2.74. The second-order valence-electron chi connectivity index (χ2n) is 5.50. The normalized spacial score (nSPS) is 26.1. The Morgan fingerprint density at radius 3 is 2.28 bits per heavy atom. The molecule has 7 heteroatoms. The highest BCUT2D eigenvalue weighted by Crippen LogP contribution is 2.35. The molecule has 1 saturated heterocycles. The van der Waals surface area contributed by atoms with Gasteiger partial charge in [0.25, 0.3) is 0 Å². The Morgan fingerprint density at radius 1 is 1.33 bits per heavy atom. The molecule has 0 aliphatic carbocycles. The molecule has 0 bridgehead atoms. The lowest BCUT2D eigenvalue weighted by atomic mass is 9.94. The Balaban J connectivity index is 2.60. The summed E-state index contributed by atoms with van der Waals surface area (Å²) in [5.74, 6) is -1.44. The minimum absolute atomic E-state index is 0.0275. The maximum Gasteiger partial charge on any atom is 0.411 e. The number of hydrogen-bond donors (Lipinski definition) is 1. The van der Waals surface area contributed by atoms with Crippen molar-refractivity contribution in [3.63, 3.8) is 0 Å². The number of likely N-dealkylation sites (tertiary alicyclic amines) is 1. The molecule has 18 heavy (non-hydrogen) atoms. The van der Waals surface area contributed by atoms with Crippen LogP contribution in [0.1, 0.15) is 33.6 Å². The molecule has 2 N–H and O–H groups in total. The van der Waals surface area contributed by atoms with Crippen molar-refractivity contribution in [2.24, 2.45) is 11.7 Å². The van der Waals surface area contributed by atoms with Crippen LogP contribution in [0, 0.1) is 5.92 Å². The van der Waals surface area contributed by atoms with Gasteiger partial charge in [0.1, 0.15) is 5.60 Å². The zero-order valence-electron chi connectivity index (χ0n) is 10.8. The first kappa shape index (κ1) is 15.1. The first-order chi connectivity index (χ1) is 8.00. The summed E-state index contributed by atoms with van der Waals surface area (Å²) in [7, 11) is 0. The standard InChI is InChI=1S/C11H19F3N2O2/c1-10(2,3)18-9(17)16-5-4-7(6-8(16)15)11(12,13)14/h7-8H,4-6,15H2,1-3H3. The zero-order chi connectivity index (χ0) is 14.1. The van der Waals surface area contributed by atoms with Crippen molar-refractivity contribution in [2.45, 2.75) is 51.6 Å². The number of piperidine rings is 1. The average Bonchev–Trinajstić information content (AvgIpc) is 2.12. The van der Waals surface area contributed by atoms with Crippen LogP contribution in [0.3, 0.4) is 0 Å². The number of rotatable bonds is 0. The number of alkyl halides is 3. The Hall–Kier alpha value is -0.980. The van der Waals surface area contributed by atoms with E-state index in [2.05, 4.69) is 0 Å². The Morgan fingerprint density at radius 2 is 1.89 bits per heavy atom. The molecular formula is C11H19F3N2O2. The van der Waals surface area contributed by atoms with Crippen LogP contribution in [0.5, 0.6) is 0 Å². The van der Waals surface area contributed by atoms with Gasteiger partial charge in [-0.2, -0.15) is 13.2 Å². The van der Waals surface area contributed by atoms with E-state index in [1.807, 2.05) is 0 Å². The molecule has 0 aromatic rings. The van der Waals surface area contributed by atoms with E-state index in [0.29, 0.717) is 0 Å². The summed E-state index contributed by atoms with van der Waals surface area (Å²) in [5, 5.41) is 0. The number of carbonyl (C=O) groups is 1. The molecule has 106 valence electrons. The number of halogens is 3. The average molecular weight is 268 g/mol. The van der Waals surface area contributed by atoms with Crippen molar-refractivity contribution in [2.75, 3.05) is 6.54 Å². The van der Waals surface area contributed by atoms with Gasteiger partial charge in [-0.1, -0.05) is 0 Å². The second kappa shape index (κ2) is 4.95. The third-order valence-electron chi connectivity index (χ3n) is 2.74. The second-order valence-corrected chi connectivity index (χ2v) is 5.50. The summed E-state index contributed by atoms with van der Waals surface area (Å²) >= 11 is 0. The van der Waals surface area contributed by atoms with Gasteiger partial charge >= 0.3 is 12.3 Å². The van der Waals surface area contributed by atoms with Gasteiger partial charge in [-0.15, -0.1) is 0 Å². The van der Waals surface area contributed by atoms with E-state index in [-0.39, 0.29) is 19.4 Å². The minimum atomic E-state index is -4.25. The maximum absolute atomic E-state index is 12.5. The number of nitrogens with zero attached hydrogens (tertiary/aromatic N) is 1. The Kier molecular flexibility index (Phi) is 4.15. The highest BCUT2D eigenvalue weighted by molar-refractivity contribution is 5.68. The van der Waals surface area contributed by atoms with Crippen LogP contribution >= 0.6 is 0 Å². The fraction of sp³-hybridized carbons (Fsp3) is 0.909. The zero-order valence-corrected chi connectivity index (χ0v) is 10.8. The van der Waals surface area contributed by atoms with E-state index in [1.54, 1.807) is 20.8 Å². The van der Waals surface area contributed by atoms with Gasteiger partial charge in [-0.25, -0.2) is 4.79 Å². The number of carbonyl (C=O) groups excluding carboxylic acids is 1. The summed E-state index contributed by atoms with van der Waals surface area (Å²) in [6.07, 6.45) is -6.26. The lowest BCUT2D eigenvalue weighted by Gasteiger charge is -2.38. The molecule has 0 radical (unpaired) electrons. The van der Waals surface area contributed by atoms with E-state index in [9.17, 15) is 18.0 Å². The van der Waals surface area contributed by atoms with Crippen LogP contribution in [0.4, 0.5) is 18.0 Å². The molecule has 4 nitrogen and oxygen atoms in total. The predicted molar refractivity (Wildman–Crippen MR) is 59.7 cm³/mol. The Bertz CT molecular complexity index is 312. The lowest BCUT2D eigenvalue weighted by Crippen LogP contribution is -2.54. The summed E-state index contributed by atoms with van der Waals surface area (Å²) in [6.45, 7) is 5.05. The van der Waals surface area contributed by atoms with Crippen LogP contribution in [0.15, 0.2) is 0 Å². The molecule has 0 aromatic heterocycles. The molecule has 1 aliphatic rings. The van der Waals surface area contributed by atoms with Crippen LogP contribution < -0.4 is 5.73 Å². The van der Waals surface area contributed by atoms with Crippen molar-refractivity contribution in [1.29, 1.82) is 0 Å². The van der Waals surface area contributed by atoms with Crippen LogP contribution in [0.25, 0.3) is 0 Å². The quantitative estimate of drug-likeness (QED) is 0.734. The van der Waals surface area contributed by atoms with Crippen molar-refractivity contribution in [3.05, 3.63) is 0 Å². The van der Waals surface area contributed by atoms with E-state index < -0.39 is 30.0 Å². The number of nitrogens with two attached hydrogens (primary N) is 1. The lowest BCUT2D eigenvalue weighted by molar-refractivity contribution is -0.188. The molecule has 1 heterocycles. The smallest absolute Gasteiger partial charge is 0.411 e. The number of ether oxygens (including phenoxy) is 1. The molecular weight excluding hydrogens is 249 g/mol. The van der Waals surface area contributed by atoms with Crippen LogP contribution in [-0.2, 0) is 4.74 Å². The summed E-state index contributed by atoms with van der Waals surface area (Å²) < 4.78 is 42.7. The molecule has 0 spiro atoms. The first-order valence-electron chi connectivity index (χ1n) is 5.82. The molecule has 1 amide bonds. The van der Waals surface area contributed by atoms with Gasteiger partial charge in [0.05, 0.1) is 12.1 Å². The van der Waals surface area contributed by atoms with Crippen molar-refractivity contribution >= 4 is 6.09 Å². The minimum Gasteiger partial charge on any atom is -0.444 e. The summed E-state index contributed by atoms with van der Waals surface area (Å²) in [5.41, 5.74) is 4.93. The van der Waals surface area contributed by atoms with E-state index in [4.69, 9.17) is 10.5 Å². The Labute approximate surface area is 104 Å². The first-order valence-corrected chi connectivity index (χ1v) is 5.82. The molecule has 0 aromatic carbocycles.